The summed E-state index contributed by atoms with van der Waals surface area (Å²) in [5, 5.41) is 11.3. The van der Waals surface area contributed by atoms with Gasteiger partial charge in [0.1, 0.15) is 12.4 Å². The highest BCUT2D eigenvalue weighted by Gasteiger charge is 2.28. The highest BCUT2D eigenvalue weighted by atomic mass is 127. The molecule has 0 bridgehead atoms. The summed E-state index contributed by atoms with van der Waals surface area (Å²) in [4.78, 5) is 23.3. The van der Waals surface area contributed by atoms with Crippen molar-refractivity contribution < 1.29 is 18.1 Å². The molecule has 4 aromatic rings. The molecular formula is C26H31FIN7O3. The van der Waals surface area contributed by atoms with Gasteiger partial charge in [-0.05, 0) is 31.7 Å². The number of amides is 1. The molecule has 1 aliphatic heterocycles. The molecule has 1 aliphatic rings. The molecule has 0 radical (unpaired) electrons. The number of rotatable bonds is 7. The molecule has 2 atom stereocenters. The largest absolute Gasteiger partial charge is 0.448 e. The Labute approximate surface area is 233 Å². The first-order valence-corrected chi connectivity index (χ1v) is 14.0. The SMILES string of the molecule is CN1CC[C@@H](Nc2cccc3c2cc(-c2noc(CNC(=O)c4coc(C(C)(C)C)n4)n2)n3CI)[C@@H](F)C1. The number of aromatic nitrogens is 4. The molecule has 1 aromatic carbocycles. The van der Waals surface area contributed by atoms with Crippen LogP contribution in [0.2, 0.25) is 0 Å². The van der Waals surface area contributed by atoms with Gasteiger partial charge < -0.3 is 29.0 Å². The van der Waals surface area contributed by atoms with Crippen LogP contribution in [0.25, 0.3) is 22.4 Å². The van der Waals surface area contributed by atoms with E-state index in [0.717, 1.165) is 35.2 Å². The van der Waals surface area contributed by atoms with Gasteiger partial charge in [-0.25, -0.2) is 9.37 Å². The standard InChI is InChI=1S/C26H31FIN7O3/c1-26(2,3)25-31-19(13-37-25)24(36)29-11-22-32-23(33-38-22)21-10-15-17(6-5-7-20(15)35(21)14-28)30-18-8-9-34(4)12-16(18)27/h5-7,10,13,16,18,30H,8-9,11-12,14H2,1-4H3,(H,29,36)/t16-,18+/m0/s1. The minimum absolute atomic E-state index is 0.0504. The Morgan fingerprint density at radius 3 is 2.82 bits per heavy atom. The minimum Gasteiger partial charge on any atom is -0.448 e. The van der Waals surface area contributed by atoms with E-state index < -0.39 is 6.17 Å². The molecule has 0 unspecified atom stereocenters. The van der Waals surface area contributed by atoms with Crippen LogP contribution in [0.5, 0.6) is 0 Å². The van der Waals surface area contributed by atoms with E-state index in [4.69, 9.17) is 8.94 Å². The average molecular weight is 635 g/mol. The maximum absolute atomic E-state index is 14.7. The van der Waals surface area contributed by atoms with Crippen LogP contribution in [-0.4, -0.2) is 62.8 Å². The van der Waals surface area contributed by atoms with Crippen molar-refractivity contribution in [1.82, 2.24) is 29.9 Å². The van der Waals surface area contributed by atoms with E-state index in [1.165, 1.54) is 6.26 Å². The van der Waals surface area contributed by atoms with Crippen molar-refractivity contribution in [2.24, 2.45) is 0 Å². The lowest BCUT2D eigenvalue weighted by Crippen LogP contribution is -2.46. The zero-order valence-corrected chi connectivity index (χ0v) is 24.0. The molecule has 1 fully saturated rings. The minimum atomic E-state index is -0.942. The number of hydrogen-bond acceptors (Lipinski definition) is 8. The molecule has 2 N–H and O–H groups in total. The number of benzene rings is 1. The highest BCUT2D eigenvalue weighted by Crippen LogP contribution is 2.33. The molecule has 1 amide bonds. The van der Waals surface area contributed by atoms with E-state index >= 15 is 0 Å². The van der Waals surface area contributed by atoms with Gasteiger partial charge in [0.15, 0.2) is 11.6 Å². The van der Waals surface area contributed by atoms with E-state index in [0.29, 0.717) is 22.8 Å². The Bertz CT molecular complexity index is 1440. The van der Waals surface area contributed by atoms with Crippen LogP contribution in [0, 0.1) is 0 Å². The first kappa shape index (κ1) is 26.6. The molecule has 3 aromatic heterocycles. The van der Waals surface area contributed by atoms with Gasteiger partial charge >= 0.3 is 0 Å². The monoisotopic (exact) mass is 635 g/mol. The number of oxazole rings is 1. The Hall–Kier alpha value is -3.00. The number of fused-ring (bicyclic) bond motifs is 1. The number of anilines is 1. The molecule has 202 valence electrons. The van der Waals surface area contributed by atoms with Crippen LogP contribution in [0.15, 0.2) is 39.5 Å². The van der Waals surface area contributed by atoms with Crippen molar-refractivity contribution in [2.75, 3.05) is 25.5 Å². The van der Waals surface area contributed by atoms with Gasteiger partial charge in [0.2, 0.25) is 11.7 Å². The average Bonchev–Trinajstić information content (AvgIpc) is 3.62. The smallest absolute Gasteiger partial charge is 0.273 e. The van der Waals surface area contributed by atoms with E-state index in [9.17, 15) is 9.18 Å². The zero-order valence-electron chi connectivity index (χ0n) is 21.8. The van der Waals surface area contributed by atoms with Crippen molar-refractivity contribution in [3.8, 4) is 11.5 Å². The summed E-state index contributed by atoms with van der Waals surface area (Å²) in [6, 6.07) is 7.71. The predicted molar refractivity (Wildman–Crippen MR) is 150 cm³/mol. The van der Waals surface area contributed by atoms with Crippen LogP contribution in [0.1, 0.15) is 49.5 Å². The molecule has 0 aliphatic carbocycles. The lowest BCUT2D eigenvalue weighted by Gasteiger charge is -2.33. The Morgan fingerprint density at radius 1 is 1.29 bits per heavy atom. The molecule has 0 saturated carbocycles. The quantitative estimate of drug-likeness (QED) is 0.221. The molecule has 0 spiro atoms. The fourth-order valence-corrected chi connectivity index (χ4v) is 5.28. The van der Waals surface area contributed by atoms with Crippen molar-refractivity contribution in [3.63, 3.8) is 0 Å². The number of halogens is 2. The van der Waals surface area contributed by atoms with Gasteiger partial charge in [-0.1, -0.05) is 54.6 Å². The first-order chi connectivity index (χ1) is 18.1. The second-order valence-corrected chi connectivity index (χ2v) is 11.3. The molecule has 10 nitrogen and oxygen atoms in total. The first-order valence-electron chi connectivity index (χ1n) is 12.5. The number of piperidine rings is 1. The maximum Gasteiger partial charge on any atom is 0.273 e. The summed E-state index contributed by atoms with van der Waals surface area (Å²) in [5.74, 6) is 0.775. The topological polar surface area (TPSA) is 114 Å². The normalized spacial score (nSPS) is 18.7. The Kier molecular flexibility index (Phi) is 7.45. The summed E-state index contributed by atoms with van der Waals surface area (Å²) < 4.78 is 28.3. The summed E-state index contributed by atoms with van der Waals surface area (Å²) in [7, 11) is 1.94. The number of carbonyl (C=O) groups is 1. The number of nitrogens with zero attached hydrogens (tertiary/aromatic N) is 5. The van der Waals surface area contributed by atoms with Gasteiger partial charge in [0.05, 0.1) is 28.3 Å². The summed E-state index contributed by atoms with van der Waals surface area (Å²) >= 11 is 2.29. The second-order valence-electron chi connectivity index (χ2n) is 10.6. The number of likely N-dealkylation sites (tertiary alicyclic amines) is 1. The maximum atomic E-state index is 14.7. The summed E-state index contributed by atoms with van der Waals surface area (Å²) in [6.45, 7) is 7.20. The Morgan fingerprint density at radius 2 is 2.11 bits per heavy atom. The molecule has 12 heteroatoms. The van der Waals surface area contributed by atoms with Gasteiger partial charge in [-0.15, -0.1) is 0 Å². The van der Waals surface area contributed by atoms with Crippen LogP contribution < -0.4 is 10.6 Å². The van der Waals surface area contributed by atoms with E-state index in [-0.39, 0.29) is 35.5 Å². The lowest BCUT2D eigenvalue weighted by molar-refractivity contribution is 0.0941. The van der Waals surface area contributed by atoms with E-state index in [1.54, 1.807) is 0 Å². The summed E-state index contributed by atoms with van der Waals surface area (Å²) in [5.41, 5.74) is 2.54. The highest BCUT2D eigenvalue weighted by molar-refractivity contribution is 14.1. The van der Waals surface area contributed by atoms with Crippen LogP contribution in [-0.2, 0) is 16.5 Å². The number of alkyl halides is 2. The predicted octanol–water partition coefficient (Wildman–Crippen LogP) is 4.75. The van der Waals surface area contributed by atoms with E-state index in [1.807, 2.05) is 57.0 Å². The number of carbonyl (C=O) groups excluding carboxylic acids is 1. The molecule has 38 heavy (non-hydrogen) atoms. The van der Waals surface area contributed by atoms with Gasteiger partial charge in [0, 0.05) is 29.6 Å². The van der Waals surface area contributed by atoms with Gasteiger partial charge in [0.25, 0.3) is 5.91 Å². The second kappa shape index (κ2) is 10.6. The third kappa shape index (κ3) is 5.41. The van der Waals surface area contributed by atoms with Crippen LogP contribution >= 0.6 is 22.6 Å². The fourth-order valence-electron chi connectivity index (χ4n) is 4.54. The molecule has 1 saturated heterocycles. The van der Waals surface area contributed by atoms with E-state index in [2.05, 4.69) is 52.9 Å². The fraction of sp³-hybridized carbons (Fsp3) is 0.462. The van der Waals surface area contributed by atoms with Crippen molar-refractivity contribution in [1.29, 1.82) is 0 Å². The lowest BCUT2D eigenvalue weighted by atomic mass is 9.97. The number of hydrogen-bond donors (Lipinski definition) is 2. The zero-order chi connectivity index (χ0) is 27.0. The van der Waals surface area contributed by atoms with Gasteiger partial charge in [-0.3, -0.25) is 4.79 Å². The van der Waals surface area contributed by atoms with Crippen molar-refractivity contribution in [2.45, 2.75) is 55.9 Å². The van der Waals surface area contributed by atoms with Gasteiger partial charge in [-0.2, -0.15) is 4.98 Å². The number of nitrogens with one attached hydrogen (secondary N) is 2. The van der Waals surface area contributed by atoms with Crippen LogP contribution in [0.4, 0.5) is 10.1 Å². The molecular weight excluding hydrogens is 604 g/mol. The third-order valence-corrected chi connectivity index (χ3v) is 7.31. The summed E-state index contributed by atoms with van der Waals surface area (Å²) in [6.07, 6.45) is 1.14. The van der Waals surface area contributed by atoms with Crippen LogP contribution in [0.3, 0.4) is 0 Å². The molecule has 5 rings (SSSR count). The van der Waals surface area contributed by atoms with Crippen molar-refractivity contribution >= 4 is 45.1 Å². The van der Waals surface area contributed by atoms with Crippen molar-refractivity contribution in [3.05, 3.63) is 48.0 Å². The molecule has 4 heterocycles. The third-order valence-electron chi connectivity index (χ3n) is 6.63. The Balaban J connectivity index is 1.33.